The normalized spacial score (nSPS) is 20.1. The molecule has 31 heavy (non-hydrogen) atoms. The third kappa shape index (κ3) is 4.94. The highest BCUT2D eigenvalue weighted by molar-refractivity contribution is 5.73. The van der Waals surface area contributed by atoms with Crippen LogP contribution < -0.4 is 4.57 Å². The second kappa shape index (κ2) is 10.4. The van der Waals surface area contributed by atoms with E-state index in [2.05, 4.69) is 53.0 Å². The first-order valence-electron chi connectivity index (χ1n) is 11.4. The van der Waals surface area contributed by atoms with E-state index in [1.807, 2.05) is 0 Å². The molecule has 1 aliphatic rings. The molecule has 0 spiro atoms. The monoisotopic (exact) mass is 436 g/mol. The zero-order chi connectivity index (χ0) is 22.7. The first-order chi connectivity index (χ1) is 14.8. The van der Waals surface area contributed by atoms with Crippen molar-refractivity contribution in [2.45, 2.75) is 77.0 Å². The molecule has 1 fully saturated rings. The van der Waals surface area contributed by atoms with Crippen LogP contribution in [-0.2, 0) is 13.1 Å². The Bertz CT molecular complexity index is 863. The van der Waals surface area contributed by atoms with Crippen molar-refractivity contribution in [1.29, 1.82) is 0 Å². The van der Waals surface area contributed by atoms with Gasteiger partial charge in [0.1, 0.15) is 18.3 Å². The summed E-state index contributed by atoms with van der Waals surface area (Å²) in [6, 6.07) is 6.79. The van der Waals surface area contributed by atoms with Gasteiger partial charge in [-0.05, 0) is 63.4 Å². The number of hydrogen-bond donors (Lipinski definition) is 5. The molecule has 1 aliphatic heterocycles. The fourth-order valence-electron chi connectivity index (χ4n) is 4.92. The molecule has 8 nitrogen and oxygen atoms in total. The van der Waals surface area contributed by atoms with Crippen molar-refractivity contribution in [3.05, 3.63) is 29.6 Å². The number of piperidine rings is 1. The summed E-state index contributed by atoms with van der Waals surface area (Å²) in [7, 11) is 0. The Labute approximate surface area is 184 Å². The summed E-state index contributed by atoms with van der Waals surface area (Å²) < 4.78 is 4.71. The minimum Gasteiger partial charge on any atom is -0.394 e. The van der Waals surface area contributed by atoms with Crippen LogP contribution in [0, 0.1) is 6.92 Å². The van der Waals surface area contributed by atoms with Gasteiger partial charge in [-0.15, -0.1) is 0 Å². The number of aryl methyl sites for hydroxylation is 2. The largest absolute Gasteiger partial charge is 0.394 e. The number of likely N-dealkylation sites (tertiary alicyclic amines) is 1. The van der Waals surface area contributed by atoms with Crippen LogP contribution in [-0.4, -0.2) is 85.7 Å². The number of rotatable bonds is 9. The number of fused-ring (bicyclic) bond motifs is 1. The predicted molar refractivity (Wildman–Crippen MR) is 118 cm³/mol. The fourth-order valence-corrected chi connectivity index (χ4v) is 4.92. The number of aliphatic hydroxyl groups excluding tert-OH is 5. The second-order valence-corrected chi connectivity index (χ2v) is 8.66. The summed E-state index contributed by atoms with van der Waals surface area (Å²) in [5.41, 5.74) is 3.88. The minimum atomic E-state index is -1.58. The quantitative estimate of drug-likeness (QED) is 0.351. The van der Waals surface area contributed by atoms with Crippen molar-refractivity contribution in [3.63, 3.8) is 0 Å². The van der Waals surface area contributed by atoms with Gasteiger partial charge in [-0.2, -0.15) is 0 Å². The third-order valence-corrected chi connectivity index (χ3v) is 6.82. The molecular formula is C23H38N3O5+. The van der Waals surface area contributed by atoms with Gasteiger partial charge in [0.2, 0.25) is 0 Å². The van der Waals surface area contributed by atoms with Crippen LogP contribution in [0.4, 0.5) is 0 Å². The summed E-state index contributed by atoms with van der Waals surface area (Å²) in [5.74, 6) is 1.72. The van der Waals surface area contributed by atoms with E-state index in [0.717, 1.165) is 39.0 Å². The fraction of sp³-hybridized carbons (Fsp3) is 0.696. The molecule has 0 bridgehead atoms. The first-order valence-corrected chi connectivity index (χ1v) is 11.4. The van der Waals surface area contributed by atoms with Gasteiger partial charge >= 0.3 is 0 Å². The van der Waals surface area contributed by atoms with Crippen LogP contribution in [0.2, 0.25) is 0 Å². The van der Waals surface area contributed by atoms with Crippen LogP contribution in [0.3, 0.4) is 0 Å². The SMILES string of the molecule is CCn1c(C)[n+](CC)c2ccc(C3CCN(C[C@H](O)[C@@H](O)[C@H](O)[C@H](O)CO)CC3)cc21. The van der Waals surface area contributed by atoms with Crippen molar-refractivity contribution < 1.29 is 30.1 Å². The smallest absolute Gasteiger partial charge is 0.254 e. The minimum absolute atomic E-state index is 0.219. The van der Waals surface area contributed by atoms with E-state index in [0.29, 0.717) is 5.92 Å². The van der Waals surface area contributed by atoms with Gasteiger partial charge in [-0.25, -0.2) is 9.13 Å². The molecule has 4 atom stereocenters. The summed E-state index contributed by atoms with van der Waals surface area (Å²) in [6.45, 7) is 9.53. The molecule has 0 aliphatic carbocycles. The molecule has 1 aromatic heterocycles. The molecule has 0 saturated carbocycles. The van der Waals surface area contributed by atoms with E-state index in [1.165, 1.54) is 22.4 Å². The lowest BCUT2D eigenvalue weighted by Gasteiger charge is -2.35. The van der Waals surface area contributed by atoms with Gasteiger partial charge in [-0.1, -0.05) is 6.07 Å². The molecule has 0 unspecified atom stereocenters. The summed E-state index contributed by atoms with van der Waals surface area (Å²) in [4.78, 5) is 2.07. The van der Waals surface area contributed by atoms with Gasteiger partial charge in [0.05, 0.1) is 25.8 Å². The Morgan fingerprint density at radius 3 is 2.26 bits per heavy atom. The van der Waals surface area contributed by atoms with E-state index in [9.17, 15) is 20.4 Å². The number of hydrogen-bond acceptors (Lipinski definition) is 6. The van der Waals surface area contributed by atoms with Gasteiger partial charge in [0.25, 0.3) is 5.82 Å². The number of nitrogens with zero attached hydrogens (tertiary/aromatic N) is 3. The summed E-state index contributed by atoms with van der Waals surface area (Å²) >= 11 is 0. The van der Waals surface area contributed by atoms with Crippen LogP contribution in [0.1, 0.15) is 44.0 Å². The average Bonchev–Trinajstić information content (AvgIpc) is 3.07. The number of aromatic nitrogens is 2. The van der Waals surface area contributed by atoms with E-state index >= 15 is 0 Å². The summed E-state index contributed by atoms with van der Waals surface area (Å²) in [5, 5.41) is 48.5. The molecule has 2 aromatic rings. The molecule has 0 radical (unpaired) electrons. The Hall–Kier alpha value is -1.55. The van der Waals surface area contributed by atoms with Crippen LogP contribution >= 0.6 is 0 Å². The van der Waals surface area contributed by atoms with Crippen molar-refractivity contribution in [3.8, 4) is 0 Å². The van der Waals surface area contributed by atoms with E-state index < -0.39 is 31.0 Å². The Morgan fingerprint density at radius 1 is 1.03 bits per heavy atom. The molecule has 0 amide bonds. The molecule has 1 saturated heterocycles. The maximum absolute atomic E-state index is 10.2. The lowest BCUT2D eigenvalue weighted by molar-refractivity contribution is -0.674. The summed E-state index contributed by atoms with van der Waals surface area (Å²) in [6.07, 6.45) is -3.83. The molecule has 5 N–H and O–H groups in total. The lowest BCUT2D eigenvalue weighted by Crippen LogP contribution is -2.50. The van der Waals surface area contributed by atoms with Gasteiger partial charge in [0.15, 0.2) is 11.0 Å². The molecule has 1 aromatic carbocycles. The van der Waals surface area contributed by atoms with Gasteiger partial charge < -0.3 is 30.4 Å². The topological polar surface area (TPSA) is 113 Å². The Balaban J connectivity index is 1.64. The zero-order valence-corrected chi connectivity index (χ0v) is 18.9. The van der Waals surface area contributed by atoms with Crippen molar-refractivity contribution in [2.75, 3.05) is 26.2 Å². The number of imidazole rings is 1. The average molecular weight is 437 g/mol. The van der Waals surface area contributed by atoms with E-state index in [1.54, 1.807) is 0 Å². The van der Waals surface area contributed by atoms with Crippen LogP contribution in [0.15, 0.2) is 18.2 Å². The van der Waals surface area contributed by atoms with E-state index in [-0.39, 0.29) is 6.54 Å². The number of aliphatic hydroxyl groups is 5. The number of β-amino-alcohol motifs (C(OH)–C–C–N with tert-alkyl or cyclic N) is 1. The standard InChI is InChI=1S/C23H38N3O5/c1-4-25-15(3)26(5-2)19-12-17(6-7-18(19)25)16-8-10-24(11-9-16)13-20(28)22(30)23(31)21(29)14-27/h6-7,12,16,20-23,27-31H,4-5,8-11,13-14H2,1-3H3/q+1/t20-,21+,22+,23+/m0/s1. The van der Waals surface area contributed by atoms with E-state index in [4.69, 9.17) is 5.11 Å². The highest BCUT2D eigenvalue weighted by Gasteiger charge is 2.32. The molecule has 3 rings (SSSR count). The predicted octanol–water partition coefficient (Wildman–Crippen LogP) is -0.108. The van der Waals surface area contributed by atoms with Crippen molar-refractivity contribution in [1.82, 2.24) is 9.47 Å². The zero-order valence-electron chi connectivity index (χ0n) is 18.9. The highest BCUT2D eigenvalue weighted by atomic mass is 16.4. The van der Waals surface area contributed by atoms with Crippen LogP contribution in [0.25, 0.3) is 11.0 Å². The molecule has 2 heterocycles. The Morgan fingerprint density at radius 2 is 1.68 bits per heavy atom. The molecule has 174 valence electrons. The second-order valence-electron chi connectivity index (χ2n) is 8.66. The maximum Gasteiger partial charge on any atom is 0.254 e. The van der Waals surface area contributed by atoms with Gasteiger partial charge in [0, 0.05) is 13.5 Å². The molecular weight excluding hydrogens is 398 g/mol. The maximum atomic E-state index is 10.2. The third-order valence-electron chi connectivity index (χ3n) is 6.82. The number of benzene rings is 1. The molecule has 8 heteroatoms. The van der Waals surface area contributed by atoms with Crippen molar-refractivity contribution >= 4 is 11.0 Å². The lowest BCUT2D eigenvalue weighted by atomic mass is 9.89. The Kier molecular flexibility index (Phi) is 8.07. The first kappa shape index (κ1) is 24.1. The van der Waals surface area contributed by atoms with Crippen LogP contribution in [0.5, 0.6) is 0 Å². The van der Waals surface area contributed by atoms with Gasteiger partial charge in [-0.3, -0.25) is 0 Å². The highest BCUT2D eigenvalue weighted by Crippen LogP contribution is 2.30. The van der Waals surface area contributed by atoms with Crippen molar-refractivity contribution in [2.24, 2.45) is 0 Å².